The molecule has 3 aromatic carbocycles. The Hall–Kier alpha value is -3.64. The molecule has 0 fully saturated rings. The molecule has 0 aliphatic heterocycles. The lowest BCUT2D eigenvalue weighted by Gasteiger charge is -2.23. The van der Waals surface area contributed by atoms with Crippen molar-refractivity contribution >= 4 is 34.9 Å². The van der Waals surface area contributed by atoms with E-state index < -0.39 is 0 Å². The Morgan fingerprint density at radius 2 is 1.60 bits per heavy atom. The predicted molar refractivity (Wildman–Crippen MR) is 119 cm³/mol. The normalized spacial score (nSPS) is 10.3. The zero-order valence-corrected chi connectivity index (χ0v) is 16.9. The summed E-state index contributed by atoms with van der Waals surface area (Å²) < 4.78 is 0. The highest BCUT2D eigenvalue weighted by Crippen LogP contribution is 2.18. The molecule has 0 aliphatic rings. The van der Waals surface area contributed by atoms with Gasteiger partial charge in [0.2, 0.25) is 5.91 Å². The third-order valence-corrected chi connectivity index (χ3v) is 4.69. The molecule has 2 amide bonds. The van der Waals surface area contributed by atoms with Crippen molar-refractivity contribution in [2.75, 3.05) is 11.4 Å². The highest BCUT2D eigenvalue weighted by molar-refractivity contribution is 6.30. The molecule has 7 heteroatoms. The highest BCUT2D eigenvalue weighted by Gasteiger charge is 2.21. The van der Waals surface area contributed by atoms with Crippen molar-refractivity contribution in [1.82, 2.24) is 5.32 Å². The molecule has 4 N–H and O–H groups in total. The number of para-hydroxylation sites is 1. The molecule has 0 aromatic heterocycles. The zero-order chi connectivity index (χ0) is 21.5. The van der Waals surface area contributed by atoms with Gasteiger partial charge in [0.05, 0.1) is 0 Å². The first kappa shape index (κ1) is 21.1. The van der Waals surface area contributed by atoms with Gasteiger partial charge in [0, 0.05) is 28.4 Å². The number of hydrogen-bond acceptors (Lipinski definition) is 3. The monoisotopic (exact) mass is 420 g/mol. The minimum absolute atomic E-state index is 0.128. The van der Waals surface area contributed by atoms with Crippen molar-refractivity contribution < 1.29 is 9.59 Å². The van der Waals surface area contributed by atoms with Crippen molar-refractivity contribution in [3.8, 4) is 0 Å². The zero-order valence-electron chi connectivity index (χ0n) is 16.1. The Kier molecular flexibility index (Phi) is 6.83. The highest BCUT2D eigenvalue weighted by atomic mass is 35.5. The van der Waals surface area contributed by atoms with E-state index in [0.717, 1.165) is 5.56 Å². The lowest BCUT2D eigenvalue weighted by Crippen LogP contribution is -2.40. The van der Waals surface area contributed by atoms with Gasteiger partial charge in [-0.05, 0) is 42.0 Å². The van der Waals surface area contributed by atoms with Crippen molar-refractivity contribution in [3.05, 3.63) is 101 Å². The number of hydrogen-bond donors (Lipinski definition) is 3. The van der Waals surface area contributed by atoms with Crippen LogP contribution in [-0.4, -0.2) is 24.2 Å². The number of carbonyl (C=O) groups excluding carboxylic acids is 2. The molecule has 0 saturated heterocycles. The van der Waals surface area contributed by atoms with E-state index in [1.165, 1.54) is 4.90 Å². The number of amidine groups is 1. The molecule has 0 aliphatic carbocycles. The lowest BCUT2D eigenvalue weighted by atomic mass is 10.1. The third kappa shape index (κ3) is 5.46. The van der Waals surface area contributed by atoms with Gasteiger partial charge in [-0.1, -0.05) is 54.1 Å². The number of benzene rings is 3. The van der Waals surface area contributed by atoms with Gasteiger partial charge in [-0.15, -0.1) is 0 Å². The van der Waals surface area contributed by atoms with Crippen LogP contribution in [0.15, 0.2) is 78.9 Å². The van der Waals surface area contributed by atoms with E-state index in [9.17, 15) is 9.59 Å². The summed E-state index contributed by atoms with van der Waals surface area (Å²) >= 11 is 5.88. The van der Waals surface area contributed by atoms with Gasteiger partial charge < -0.3 is 11.1 Å². The van der Waals surface area contributed by atoms with E-state index in [0.29, 0.717) is 28.4 Å². The molecule has 0 atom stereocenters. The van der Waals surface area contributed by atoms with E-state index >= 15 is 0 Å². The SMILES string of the molecule is N=C(N)c1cccc(C(=O)N(CC(=O)NCc2ccc(Cl)cc2)c2ccccc2)c1. The molecule has 152 valence electrons. The van der Waals surface area contributed by atoms with Gasteiger partial charge in [-0.25, -0.2) is 0 Å². The number of anilines is 1. The van der Waals surface area contributed by atoms with Crippen molar-refractivity contribution in [3.63, 3.8) is 0 Å². The van der Waals surface area contributed by atoms with Crippen molar-refractivity contribution in [1.29, 1.82) is 5.41 Å². The van der Waals surface area contributed by atoms with Gasteiger partial charge >= 0.3 is 0 Å². The summed E-state index contributed by atoms with van der Waals surface area (Å²) in [6.45, 7) is 0.174. The first-order chi connectivity index (χ1) is 14.4. The van der Waals surface area contributed by atoms with Crippen molar-refractivity contribution in [2.45, 2.75) is 6.54 Å². The number of nitrogens with zero attached hydrogens (tertiary/aromatic N) is 1. The first-order valence-corrected chi connectivity index (χ1v) is 9.64. The number of nitrogen functional groups attached to an aromatic ring is 1. The van der Waals surface area contributed by atoms with E-state index in [1.807, 2.05) is 18.2 Å². The second-order valence-corrected chi connectivity index (χ2v) is 7.06. The van der Waals surface area contributed by atoms with Gasteiger partial charge in [0.15, 0.2) is 0 Å². The fourth-order valence-corrected chi connectivity index (χ4v) is 2.99. The quantitative estimate of drug-likeness (QED) is 0.402. The van der Waals surface area contributed by atoms with E-state index in [1.54, 1.807) is 60.7 Å². The maximum absolute atomic E-state index is 13.2. The summed E-state index contributed by atoms with van der Waals surface area (Å²) in [5.41, 5.74) is 7.83. The van der Waals surface area contributed by atoms with E-state index in [4.69, 9.17) is 22.7 Å². The molecule has 0 unspecified atom stereocenters. The number of nitrogens with two attached hydrogens (primary N) is 1. The average Bonchev–Trinajstić information content (AvgIpc) is 2.77. The summed E-state index contributed by atoms with van der Waals surface area (Å²) in [5.74, 6) is -0.785. The van der Waals surface area contributed by atoms with Crippen LogP contribution in [0.25, 0.3) is 0 Å². The lowest BCUT2D eigenvalue weighted by molar-refractivity contribution is -0.119. The maximum Gasteiger partial charge on any atom is 0.258 e. The van der Waals surface area contributed by atoms with Crippen LogP contribution in [0.5, 0.6) is 0 Å². The Morgan fingerprint density at radius 3 is 2.27 bits per heavy atom. The van der Waals surface area contributed by atoms with E-state index in [-0.39, 0.29) is 24.2 Å². The molecule has 0 heterocycles. The topological polar surface area (TPSA) is 99.3 Å². The summed E-state index contributed by atoms with van der Waals surface area (Å²) in [4.78, 5) is 27.2. The minimum Gasteiger partial charge on any atom is -0.384 e. The minimum atomic E-state index is -0.356. The predicted octanol–water partition coefficient (Wildman–Crippen LogP) is 3.59. The molecule has 0 saturated carbocycles. The number of rotatable bonds is 7. The third-order valence-electron chi connectivity index (χ3n) is 4.44. The number of amides is 2. The van der Waals surface area contributed by atoms with E-state index in [2.05, 4.69) is 5.32 Å². The Balaban J connectivity index is 1.78. The summed E-state index contributed by atoms with van der Waals surface area (Å²) in [6.07, 6.45) is 0. The van der Waals surface area contributed by atoms with Crippen LogP contribution in [-0.2, 0) is 11.3 Å². The molecular weight excluding hydrogens is 400 g/mol. The maximum atomic E-state index is 13.2. The molecule has 30 heavy (non-hydrogen) atoms. The van der Waals surface area contributed by atoms with Crippen LogP contribution >= 0.6 is 11.6 Å². The molecule has 3 aromatic rings. The second kappa shape index (κ2) is 9.71. The van der Waals surface area contributed by atoms with Crippen LogP contribution in [0.1, 0.15) is 21.5 Å². The van der Waals surface area contributed by atoms with Crippen LogP contribution < -0.4 is 16.0 Å². The largest absolute Gasteiger partial charge is 0.384 e. The number of halogens is 1. The van der Waals surface area contributed by atoms with Gasteiger partial charge in [0.1, 0.15) is 12.4 Å². The molecule has 0 bridgehead atoms. The Bertz CT molecular complexity index is 1050. The number of nitrogens with one attached hydrogen (secondary N) is 2. The number of carbonyl (C=O) groups is 2. The Morgan fingerprint density at radius 1 is 0.933 bits per heavy atom. The molecule has 0 spiro atoms. The molecule has 6 nitrogen and oxygen atoms in total. The smallest absolute Gasteiger partial charge is 0.258 e. The van der Waals surface area contributed by atoms with Crippen LogP contribution in [0.4, 0.5) is 5.69 Å². The summed E-state index contributed by atoms with van der Waals surface area (Å²) in [5, 5.41) is 11.0. The van der Waals surface area contributed by atoms with Gasteiger partial charge in [0.25, 0.3) is 5.91 Å². The fourth-order valence-electron chi connectivity index (χ4n) is 2.87. The standard InChI is InChI=1S/C23H21ClN4O2/c24-19-11-9-16(10-12-19)14-27-21(29)15-28(20-7-2-1-3-8-20)23(30)18-6-4-5-17(13-18)22(25)26/h1-13H,14-15H2,(H3,25,26)(H,27,29). The van der Waals surface area contributed by atoms with Crippen LogP contribution in [0.3, 0.4) is 0 Å². The van der Waals surface area contributed by atoms with Gasteiger partial charge in [-0.3, -0.25) is 19.9 Å². The Labute approximate surface area is 179 Å². The molecule has 3 rings (SSSR count). The second-order valence-electron chi connectivity index (χ2n) is 6.62. The molecule has 0 radical (unpaired) electrons. The first-order valence-electron chi connectivity index (χ1n) is 9.26. The molecular formula is C23H21ClN4O2. The fraction of sp³-hybridized carbons (Fsp3) is 0.0870. The summed E-state index contributed by atoms with van der Waals surface area (Å²) in [6, 6.07) is 22.6. The van der Waals surface area contributed by atoms with Crippen LogP contribution in [0.2, 0.25) is 5.02 Å². The summed E-state index contributed by atoms with van der Waals surface area (Å²) in [7, 11) is 0. The van der Waals surface area contributed by atoms with Crippen LogP contribution in [0, 0.1) is 5.41 Å². The van der Waals surface area contributed by atoms with Crippen molar-refractivity contribution in [2.24, 2.45) is 5.73 Å². The van der Waals surface area contributed by atoms with Gasteiger partial charge in [-0.2, -0.15) is 0 Å². The average molecular weight is 421 g/mol.